The number of hydrogen-bond donors (Lipinski definition) is 0. The minimum atomic E-state index is -0.278. The smallest absolute Gasteiger partial charge is 0.150 e. The highest BCUT2D eigenvalue weighted by molar-refractivity contribution is 5.74. The van der Waals surface area contributed by atoms with Gasteiger partial charge in [0.2, 0.25) is 0 Å². The zero-order valence-corrected chi connectivity index (χ0v) is 10.9. The SMILES string of the molecule is O=Cc1ccc(OCCCOc2ccc(F)cc2)cc1. The third-order valence-electron chi connectivity index (χ3n) is 2.66. The molecule has 0 radical (unpaired) electrons. The summed E-state index contributed by atoms with van der Waals surface area (Å²) in [7, 11) is 0. The van der Waals surface area contributed by atoms with Crippen LogP contribution in [0.5, 0.6) is 11.5 Å². The number of hydrogen-bond acceptors (Lipinski definition) is 3. The monoisotopic (exact) mass is 274 g/mol. The van der Waals surface area contributed by atoms with Crippen LogP contribution in [0.15, 0.2) is 48.5 Å². The second-order valence-electron chi connectivity index (χ2n) is 4.19. The van der Waals surface area contributed by atoms with E-state index >= 15 is 0 Å². The van der Waals surface area contributed by atoms with E-state index in [1.807, 2.05) is 0 Å². The summed E-state index contributed by atoms with van der Waals surface area (Å²) < 4.78 is 23.6. The summed E-state index contributed by atoms with van der Waals surface area (Å²) in [4.78, 5) is 10.5. The van der Waals surface area contributed by atoms with Gasteiger partial charge in [-0.25, -0.2) is 4.39 Å². The van der Waals surface area contributed by atoms with E-state index in [0.29, 0.717) is 30.9 Å². The predicted octanol–water partition coefficient (Wildman–Crippen LogP) is 3.49. The molecule has 20 heavy (non-hydrogen) atoms. The van der Waals surface area contributed by atoms with Crippen LogP contribution in [0.4, 0.5) is 4.39 Å². The molecule has 0 aliphatic rings. The van der Waals surface area contributed by atoms with Gasteiger partial charge in [0, 0.05) is 12.0 Å². The summed E-state index contributed by atoms with van der Waals surface area (Å²) in [5.41, 5.74) is 0.622. The Hall–Kier alpha value is -2.36. The summed E-state index contributed by atoms with van der Waals surface area (Å²) in [5.74, 6) is 1.08. The van der Waals surface area contributed by atoms with E-state index in [2.05, 4.69) is 0 Å². The number of ether oxygens (including phenoxy) is 2. The van der Waals surface area contributed by atoms with Gasteiger partial charge in [0.15, 0.2) is 0 Å². The maximum atomic E-state index is 12.7. The molecule has 104 valence electrons. The van der Waals surface area contributed by atoms with Gasteiger partial charge in [-0.2, -0.15) is 0 Å². The number of aldehydes is 1. The maximum absolute atomic E-state index is 12.7. The van der Waals surface area contributed by atoms with Gasteiger partial charge in [0.25, 0.3) is 0 Å². The van der Waals surface area contributed by atoms with E-state index in [4.69, 9.17) is 9.47 Å². The van der Waals surface area contributed by atoms with Crippen LogP contribution >= 0.6 is 0 Å². The summed E-state index contributed by atoms with van der Waals surface area (Å²) in [5, 5.41) is 0. The normalized spacial score (nSPS) is 10.1. The predicted molar refractivity (Wildman–Crippen MR) is 73.8 cm³/mol. The van der Waals surface area contributed by atoms with Crippen molar-refractivity contribution in [1.82, 2.24) is 0 Å². The van der Waals surface area contributed by atoms with Crippen LogP contribution in [-0.4, -0.2) is 19.5 Å². The quantitative estimate of drug-likeness (QED) is 0.572. The van der Waals surface area contributed by atoms with Gasteiger partial charge >= 0.3 is 0 Å². The third-order valence-corrected chi connectivity index (χ3v) is 2.66. The average Bonchev–Trinajstić information content (AvgIpc) is 2.49. The molecule has 0 spiro atoms. The minimum Gasteiger partial charge on any atom is -0.493 e. The highest BCUT2D eigenvalue weighted by atomic mass is 19.1. The molecule has 2 aromatic rings. The Bertz CT molecular complexity index is 535. The van der Waals surface area contributed by atoms with Gasteiger partial charge in [-0.1, -0.05) is 0 Å². The number of halogens is 1. The van der Waals surface area contributed by atoms with Crippen molar-refractivity contribution in [2.75, 3.05) is 13.2 Å². The van der Waals surface area contributed by atoms with E-state index in [-0.39, 0.29) is 5.82 Å². The van der Waals surface area contributed by atoms with E-state index in [1.54, 1.807) is 36.4 Å². The van der Waals surface area contributed by atoms with Crippen molar-refractivity contribution in [2.24, 2.45) is 0 Å². The van der Waals surface area contributed by atoms with Crippen LogP contribution in [0.1, 0.15) is 16.8 Å². The minimum absolute atomic E-state index is 0.278. The molecule has 2 aromatic carbocycles. The third kappa shape index (κ3) is 4.39. The number of rotatable bonds is 7. The van der Waals surface area contributed by atoms with Crippen molar-refractivity contribution in [1.29, 1.82) is 0 Å². The number of carbonyl (C=O) groups excluding carboxylic acids is 1. The molecule has 0 amide bonds. The molecule has 0 heterocycles. The maximum Gasteiger partial charge on any atom is 0.150 e. The average molecular weight is 274 g/mol. The zero-order valence-electron chi connectivity index (χ0n) is 10.9. The Morgan fingerprint density at radius 3 is 1.85 bits per heavy atom. The van der Waals surface area contributed by atoms with Gasteiger partial charge in [0.1, 0.15) is 23.6 Å². The van der Waals surface area contributed by atoms with Gasteiger partial charge < -0.3 is 9.47 Å². The first-order chi connectivity index (χ1) is 9.78. The Kier molecular flexibility index (Phi) is 5.12. The molecular weight excluding hydrogens is 259 g/mol. The lowest BCUT2D eigenvalue weighted by Gasteiger charge is -2.08. The first kappa shape index (κ1) is 14.1. The Morgan fingerprint density at radius 2 is 1.35 bits per heavy atom. The fourth-order valence-corrected chi connectivity index (χ4v) is 1.61. The van der Waals surface area contributed by atoms with Crippen molar-refractivity contribution in [2.45, 2.75) is 6.42 Å². The first-order valence-corrected chi connectivity index (χ1v) is 6.34. The van der Waals surface area contributed by atoms with Gasteiger partial charge in [-0.3, -0.25) is 4.79 Å². The summed E-state index contributed by atoms with van der Waals surface area (Å²) in [6, 6.07) is 12.8. The lowest BCUT2D eigenvalue weighted by atomic mass is 10.2. The molecule has 3 nitrogen and oxygen atoms in total. The van der Waals surface area contributed by atoms with Crippen LogP contribution in [0.25, 0.3) is 0 Å². The molecule has 0 aliphatic carbocycles. The topological polar surface area (TPSA) is 35.5 Å². The molecule has 0 N–H and O–H groups in total. The van der Waals surface area contributed by atoms with E-state index < -0.39 is 0 Å². The molecule has 0 aliphatic heterocycles. The van der Waals surface area contributed by atoms with Crippen molar-refractivity contribution in [3.63, 3.8) is 0 Å². The van der Waals surface area contributed by atoms with Crippen LogP contribution in [0.2, 0.25) is 0 Å². The number of carbonyl (C=O) groups is 1. The van der Waals surface area contributed by atoms with Crippen LogP contribution in [0, 0.1) is 5.82 Å². The highest BCUT2D eigenvalue weighted by Gasteiger charge is 1.97. The lowest BCUT2D eigenvalue weighted by Crippen LogP contribution is -2.05. The molecule has 0 fully saturated rings. The van der Waals surface area contributed by atoms with Crippen LogP contribution in [-0.2, 0) is 0 Å². The molecule has 0 unspecified atom stereocenters. The first-order valence-electron chi connectivity index (χ1n) is 6.34. The van der Waals surface area contributed by atoms with E-state index in [1.165, 1.54) is 12.1 Å². The standard InChI is InChI=1S/C16H15FO3/c17-14-4-8-16(9-5-14)20-11-1-10-19-15-6-2-13(12-18)3-7-15/h2-9,12H,1,10-11H2. The molecule has 0 bridgehead atoms. The molecule has 4 heteroatoms. The zero-order chi connectivity index (χ0) is 14.2. The summed E-state index contributed by atoms with van der Waals surface area (Å²) >= 11 is 0. The second kappa shape index (κ2) is 7.28. The molecule has 0 saturated heterocycles. The molecule has 2 rings (SSSR count). The van der Waals surface area contributed by atoms with Crippen molar-refractivity contribution >= 4 is 6.29 Å². The number of benzene rings is 2. The summed E-state index contributed by atoms with van der Waals surface area (Å²) in [6.45, 7) is 1.01. The fraction of sp³-hybridized carbons (Fsp3) is 0.188. The second-order valence-corrected chi connectivity index (χ2v) is 4.19. The Balaban J connectivity index is 1.65. The van der Waals surface area contributed by atoms with E-state index in [9.17, 15) is 9.18 Å². The van der Waals surface area contributed by atoms with Crippen molar-refractivity contribution in [3.05, 3.63) is 59.9 Å². The largest absolute Gasteiger partial charge is 0.493 e. The molecule has 0 aromatic heterocycles. The van der Waals surface area contributed by atoms with Gasteiger partial charge in [-0.05, 0) is 48.5 Å². The van der Waals surface area contributed by atoms with Gasteiger partial charge in [-0.15, -0.1) is 0 Å². The summed E-state index contributed by atoms with van der Waals surface area (Å²) in [6.07, 6.45) is 1.51. The fourth-order valence-electron chi connectivity index (χ4n) is 1.61. The van der Waals surface area contributed by atoms with Gasteiger partial charge in [0.05, 0.1) is 13.2 Å². The Labute approximate surface area is 117 Å². The van der Waals surface area contributed by atoms with E-state index in [0.717, 1.165) is 12.0 Å². The van der Waals surface area contributed by atoms with Crippen LogP contribution < -0.4 is 9.47 Å². The molecule has 0 saturated carbocycles. The molecule has 0 atom stereocenters. The van der Waals surface area contributed by atoms with Crippen molar-refractivity contribution in [3.8, 4) is 11.5 Å². The van der Waals surface area contributed by atoms with Crippen LogP contribution in [0.3, 0.4) is 0 Å². The molecular formula is C16H15FO3. The van der Waals surface area contributed by atoms with Crippen molar-refractivity contribution < 1.29 is 18.7 Å². The highest BCUT2D eigenvalue weighted by Crippen LogP contribution is 2.13. The lowest BCUT2D eigenvalue weighted by molar-refractivity contribution is 0.112. The Morgan fingerprint density at radius 1 is 0.850 bits per heavy atom.